The molecule has 2 aromatic rings. The van der Waals surface area contributed by atoms with Crippen LogP contribution in [0.5, 0.6) is 5.75 Å². The van der Waals surface area contributed by atoms with Crippen LogP contribution in [-0.4, -0.2) is 7.11 Å². The molecule has 4 heteroatoms. The van der Waals surface area contributed by atoms with Crippen LogP contribution in [-0.2, 0) is 6.54 Å². The molecule has 0 atom stereocenters. The van der Waals surface area contributed by atoms with E-state index in [0.29, 0.717) is 11.1 Å². The second-order valence-electron chi connectivity index (χ2n) is 3.83. The molecular formula is C14H13F2NO. The number of hydrogen-bond acceptors (Lipinski definition) is 2. The lowest BCUT2D eigenvalue weighted by molar-refractivity contribution is 0.387. The highest BCUT2D eigenvalue weighted by atomic mass is 19.1. The number of methoxy groups -OCH3 is 1. The Morgan fingerprint density at radius 1 is 1.11 bits per heavy atom. The van der Waals surface area contributed by atoms with Gasteiger partial charge in [0.15, 0.2) is 11.6 Å². The molecule has 0 aliphatic carbocycles. The van der Waals surface area contributed by atoms with E-state index in [0.717, 1.165) is 0 Å². The Morgan fingerprint density at radius 3 is 2.56 bits per heavy atom. The molecule has 0 aliphatic heterocycles. The second-order valence-corrected chi connectivity index (χ2v) is 3.83. The monoisotopic (exact) mass is 249 g/mol. The summed E-state index contributed by atoms with van der Waals surface area (Å²) >= 11 is 0. The maximum atomic E-state index is 14.1. The van der Waals surface area contributed by atoms with Crippen LogP contribution in [0, 0.1) is 11.6 Å². The van der Waals surface area contributed by atoms with Gasteiger partial charge in [-0.15, -0.1) is 0 Å². The molecule has 2 N–H and O–H groups in total. The second kappa shape index (κ2) is 5.14. The summed E-state index contributed by atoms with van der Waals surface area (Å²) < 4.78 is 32.3. The van der Waals surface area contributed by atoms with Crippen LogP contribution in [0.25, 0.3) is 11.1 Å². The van der Waals surface area contributed by atoms with Crippen LogP contribution in [0.15, 0.2) is 36.4 Å². The molecule has 2 aromatic carbocycles. The molecule has 0 aliphatic rings. The minimum atomic E-state index is -0.514. The third-order valence-corrected chi connectivity index (χ3v) is 2.77. The van der Waals surface area contributed by atoms with Crippen molar-refractivity contribution in [2.75, 3.05) is 7.11 Å². The Labute approximate surface area is 104 Å². The van der Waals surface area contributed by atoms with Gasteiger partial charge in [-0.3, -0.25) is 0 Å². The van der Waals surface area contributed by atoms with Crippen molar-refractivity contribution in [3.63, 3.8) is 0 Å². The summed E-state index contributed by atoms with van der Waals surface area (Å²) in [5.41, 5.74) is 7.01. The lowest BCUT2D eigenvalue weighted by atomic mass is 9.98. The number of rotatable bonds is 3. The first-order chi connectivity index (χ1) is 8.67. The first-order valence-electron chi connectivity index (χ1n) is 5.48. The van der Waals surface area contributed by atoms with Crippen molar-refractivity contribution in [2.45, 2.75) is 6.54 Å². The van der Waals surface area contributed by atoms with E-state index in [1.165, 1.54) is 25.3 Å². The number of nitrogens with two attached hydrogens (primary N) is 1. The first-order valence-corrected chi connectivity index (χ1v) is 5.48. The summed E-state index contributed by atoms with van der Waals surface area (Å²) in [6, 6.07) is 8.89. The van der Waals surface area contributed by atoms with Crippen LogP contribution in [0.3, 0.4) is 0 Å². The van der Waals surface area contributed by atoms with E-state index in [1.807, 2.05) is 0 Å². The van der Waals surface area contributed by atoms with Crippen molar-refractivity contribution in [2.24, 2.45) is 5.73 Å². The molecule has 0 unspecified atom stereocenters. The molecule has 2 nitrogen and oxygen atoms in total. The van der Waals surface area contributed by atoms with Crippen LogP contribution in [0.4, 0.5) is 8.78 Å². The van der Waals surface area contributed by atoms with Gasteiger partial charge >= 0.3 is 0 Å². The van der Waals surface area contributed by atoms with Crippen LogP contribution >= 0.6 is 0 Å². The zero-order valence-corrected chi connectivity index (χ0v) is 9.91. The highest BCUT2D eigenvalue weighted by molar-refractivity contribution is 5.69. The quantitative estimate of drug-likeness (QED) is 0.907. The Morgan fingerprint density at radius 2 is 1.89 bits per heavy atom. The summed E-state index contributed by atoms with van der Waals surface area (Å²) in [6.07, 6.45) is 0. The Hall–Kier alpha value is -1.94. The molecule has 0 saturated heterocycles. The Balaban J connectivity index is 2.64. The van der Waals surface area contributed by atoms with Gasteiger partial charge in [-0.2, -0.15) is 0 Å². The van der Waals surface area contributed by atoms with Gasteiger partial charge in [0.25, 0.3) is 0 Å². The van der Waals surface area contributed by atoms with Crippen LogP contribution < -0.4 is 10.5 Å². The van der Waals surface area contributed by atoms with E-state index >= 15 is 0 Å². The van der Waals surface area contributed by atoms with Crippen molar-refractivity contribution in [3.8, 4) is 16.9 Å². The van der Waals surface area contributed by atoms with Gasteiger partial charge in [-0.25, -0.2) is 8.78 Å². The first kappa shape index (κ1) is 12.5. The molecule has 2 rings (SSSR count). The van der Waals surface area contributed by atoms with Gasteiger partial charge in [-0.1, -0.05) is 18.2 Å². The van der Waals surface area contributed by atoms with Crippen LogP contribution in [0.1, 0.15) is 5.56 Å². The highest BCUT2D eigenvalue weighted by Gasteiger charge is 2.13. The van der Waals surface area contributed by atoms with Crippen molar-refractivity contribution >= 4 is 0 Å². The van der Waals surface area contributed by atoms with E-state index in [9.17, 15) is 8.78 Å². The van der Waals surface area contributed by atoms with E-state index in [2.05, 4.69) is 0 Å². The van der Waals surface area contributed by atoms with Gasteiger partial charge < -0.3 is 10.5 Å². The smallest absolute Gasteiger partial charge is 0.172 e. The molecule has 0 spiro atoms. The standard InChI is InChI=1S/C14H13F2NO/c1-18-13-4-2-3-11(14(13)16)12-7-10(15)6-5-9(12)8-17/h2-7H,8,17H2,1H3. The largest absolute Gasteiger partial charge is 0.494 e. The number of hydrogen-bond donors (Lipinski definition) is 1. The van der Waals surface area contributed by atoms with Gasteiger partial charge in [0.1, 0.15) is 5.82 Å². The van der Waals surface area contributed by atoms with Crippen molar-refractivity contribution in [3.05, 3.63) is 53.6 Å². The molecule has 0 fully saturated rings. The summed E-state index contributed by atoms with van der Waals surface area (Å²) in [7, 11) is 1.39. The number of ether oxygens (including phenoxy) is 1. The molecular weight excluding hydrogens is 236 g/mol. The Bertz CT molecular complexity index is 570. The molecule has 0 radical (unpaired) electrons. The highest BCUT2D eigenvalue weighted by Crippen LogP contribution is 2.31. The topological polar surface area (TPSA) is 35.2 Å². The van der Waals surface area contributed by atoms with Crippen molar-refractivity contribution in [1.82, 2.24) is 0 Å². The zero-order chi connectivity index (χ0) is 13.1. The fourth-order valence-corrected chi connectivity index (χ4v) is 1.85. The normalized spacial score (nSPS) is 10.4. The van der Waals surface area contributed by atoms with E-state index < -0.39 is 11.6 Å². The summed E-state index contributed by atoms with van der Waals surface area (Å²) in [5.74, 6) is -0.815. The number of halogens is 2. The minimum absolute atomic E-state index is 0.125. The predicted octanol–water partition coefficient (Wildman–Crippen LogP) is 3.10. The molecule has 0 bridgehead atoms. The lowest BCUT2D eigenvalue weighted by Gasteiger charge is -2.11. The average molecular weight is 249 g/mol. The van der Waals surface area contributed by atoms with Crippen molar-refractivity contribution in [1.29, 1.82) is 0 Å². The molecule has 0 saturated carbocycles. The zero-order valence-electron chi connectivity index (χ0n) is 9.91. The number of benzene rings is 2. The molecule has 0 amide bonds. The third-order valence-electron chi connectivity index (χ3n) is 2.77. The van der Waals surface area contributed by atoms with E-state index in [4.69, 9.17) is 10.5 Å². The lowest BCUT2D eigenvalue weighted by Crippen LogP contribution is -2.01. The minimum Gasteiger partial charge on any atom is -0.494 e. The van der Waals surface area contributed by atoms with E-state index in [1.54, 1.807) is 18.2 Å². The molecule has 18 heavy (non-hydrogen) atoms. The molecule has 0 heterocycles. The predicted molar refractivity (Wildman–Crippen MR) is 66.2 cm³/mol. The van der Waals surface area contributed by atoms with Gasteiger partial charge in [-0.05, 0) is 29.3 Å². The SMILES string of the molecule is COc1cccc(-c2cc(F)ccc2CN)c1F. The Kier molecular flexibility index (Phi) is 3.58. The van der Waals surface area contributed by atoms with Gasteiger partial charge in [0, 0.05) is 12.1 Å². The third kappa shape index (κ3) is 2.19. The van der Waals surface area contributed by atoms with Gasteiger partial charge in [0.2, 0.25) is 0 Å². The maximum Gasteiger partial charge on any atom is 0.172 e. The molecule has 94 valence electrons. The van der Waals surface area contributed by atoms with Crippen LogP contribution in [0.2, 0.25) is 0 Å². The van der Waals surface area contributed by atoms with E-state index in [-0.39, 0.29) is 17.9 Å². The summed E-state index contributed by atoms with van der Waals surface area (Å²) in [5, 5.41) is 0. The molecule has 0 aromatic heterocycles. The average Bonchev–Trinajstić information content (AvgIpc) is 2.39. The van der Waals surface area contributed by atoms with Crippen molar-refractivity contribution < 1.29 is 13.5 Å². The fourth-order valence-electron chi connectivity index (χ4n) is 1.85. The maximum absolute atomic E-state index is 14.1. The van der Waals surface area contributed by atoms with Gasteiger partial charge in [0.05, 0.1) is 7.11 Å². The summed E-state index contributed by atoms with van der Waals surface area (Å²) in [4.78, 5) is 0. The summed E-state index contributed by atoms with van der Waals surface area (Å²) in [6.45, 7) is 0.215. The fraction of sp³-hybridized carbons (Fsp3) is 0.143.